The predicted octanol–water partition coefficient (Wildman–Crippen LogP) is 2.89. The molecule has 0 aliphatic rings. The van der Waals surface area contributed by atoms with Gasteiger partial charge in [-0.15, -0.1) is 0 Å². The molecule has 0 saturated carbocycles. The molecule has 1 aromatic carbocycles. The van der Waals surface area contributed by atoms with Crippen LogP contribution in [-0.4, -0.2) is 11.7 Å². The summed E-state index contributed by atoms with van der Waals surface area (Å²) in [5.41, 5.74) is 1.72. The minimum absolute atomic E-state index is 0.191. The largest absolute Gasteiger partial charge is 0.362 e. The third-order valence-corrected chi connectivity index (χ3v) is 2.30. The lowest BCUT2D eigenvalue weighted by Gasteiger charge is -2.20. The topological polar surface area (TPSA) is 47.8 Å². The predicted molar refractivity (Wildman–Crippen MR) is 74.8 cm³/mol. The van der Waals surface area contributed by atoms with Crippen molar-refractivity contribution in [1.82, 2.24) is 5.32 Å². The Morgan fingerprint density at radius 3 is 2.35 bits per heavy atom. The van der Waals surface area contributed by atoms with Gasteiger partial charge in [-0.25, -0.2) is 0 Å². The number of thiocarbonyl (C=S) groups is 1. The molecule has 2 N–H and O–H groups in total. The summed E-state index contributed by atoms with van der Waals surface area (Å²) in [5, 5.41) is 15.5. The van der Waals surface area contributed by atoms with Crippen molar-refractivity contribution in [3.63, 3.8) is 0 Å². The molecular formula is C13H17N3S. The monoisotopic (exact) mass is 247 g/mol. The van der Waals surface area contributed by atoms with Crippen LogP contribution in [0.1, 0.15) is 26.3 Å². The van der Waals surface area contributed by atoms with Crippen LogP contribution in [0, 0.1) is 16.7 Å². The molecule has 0 radical (unpaired) electrons. The van der Waals surface area contributed by atoms with Crippen molar-refractivity contribution < 1.29 is 0 Å². The summed E-state index contributed by atoms with van der Waals surface area (Å²) in [7, 11) is 0. The van der Waals surface area contributed by atoms with Crippen molar-refractivity contribution in [3.05, 3.63) is 29.8 Å². The van der Waals surface area contributed by atoms with E-state index in [-0.39, 0.29) is 5.41 Å². The summed E-state index contributed by atoms with van der Waals surface area (Å²) in [6, 6.07) is 9.27. The van der Waals surface area contributed by atoms with Gasteiger partial charge in [0.25, 0.3) is 0 Å². The van der Waals surface area contributed by atoms with Gasteiger partial charge in [-0.2, -0.15) is 5.26 Å². The smallest absolute Gasteiger partial charge is 0.170 e. The van der Waals surface area contributed by atoms with E-state index in [1.54, 1.807) is 12.1 Å². The van der Waals surface area contributed by atoms with Crippen LogP contribution in [0.2, 0.25) is 0 Å². The van der Waals surface area contributed by atoms with Crippen LogP contribution in [0.5, 0.6) is 0 Å². The summed E-state index contributed by atoms with van der Waals surface area (Å²) in [5.74, 6) is 0. The molecule has 4 heteroatoms. The van der Waals surface area contributed by atoms with Gasteiger partial charge >= 0.3 is 0 Å². The first kappa shape index (κ1) is 13.5. The summed E-state index contributed by atoms with van der Waals surface area (Å²) < 4.78 is 0. The number of hydrogen-bond acceptors (Lipinski definition) is 2. The average Bonchev–Trinajstić information content (AvgIpc) is 2.27. The molecule has 1 rings (SSSR count). The fourth-order valence-corrected chi connectivity index (χ4v) is 1.34. The van der Waals surface area contributed by atoms with Gasteiger partial charge < -0.3 is 10.6 Å². The van der Waals surface area contributed by atoms with E-state index in [2.05, 4.69) is 37.5 Å². The average molecular weight is 247 g/mol. The maximum atomic E-state index is 8.68. The molecule has 0 aliphatic heterocycles. The fourth-order valence-electron chi connectivity index (χ4n) is 1.15. The van der Waals surface area contributed by atoms with E-state index in [0.717, 1.165) is 12.2 Å². The Balaban J connectivity index is 2.48. The lowest BCUT2D eigenvalue weighted by molar-refractivity contribution is 0.409. The third kappa shape index (κ3) is 5.32. The number of hydrogen-bond donors (Lipinski definition) is 2. The van der Waals surface area contributed by atoms with Crippen molar-refractivity contribution in [2.75, 3.05) is 11.9 Å². The molecule has 0 unspecified atom stereocenters. The zero-order valence-electron chi connectivity index (χ0n) is 10.4. The summed E-state index contributed by atoms with van der Waals surface area (Å²) in [4.78, 5) is 0. The van der Waals surface area contributed by atoms with E-state index < -0.39 is 0 Å². The Kier molecular flexibility index (Phi) is 4.47. The Bertz CT molecular complexity index is 423. The van der Waals surface area contributed by atoms with Crippen LogP contribution in [0.15, 0.2) is 24.3 Å². The molecule has 90 valence electrons. The van der Waals surface area contributed by atoms with Gasteiger partial charge in [0.2, 0.25) is 0 Å². The highest BCUT2D eigenvalue weighted by Crippen LogP contribution is 2.11. The van der Waals surface area contributed by atoms with Gasteiger partial charge in [-0.05, 0) is 41.9 Å². The van der Waals surface area contributed by atoms with E-state index in [1.165, 1.54) is 0 Å². The molecular weight excluding hydrogens is 230 g/mol. The normalized spacial score (nSPS) is 10.5. The molecule has 0 spiro atoms. The van der Waals surface area contributed by atoms with E-state index in [0.29, 0.717) is 10.7 Å². The first-order valence-corrected chi connectivity index (χ1v) is 5.86. The van der Waals surface area contributed by atoms with Gasteiger partial charge in [-0.1, -0.05) is 20.8 Å². The SMILES string of the molecule is CC(C)(C)CNC(=S)Nc1ccc(C#N)cc1. The molecule has 0 bridgehead atoms. The number of nitrogens with one attached hydrogen (secondary N) is 2. The summed E-state index contributed by atoms with van der Waals surface area (Å²) >= 11 is 5.18. The molecule has 0 atom stereocenters. The minimum atomic E-state index is 0.191. The van der Waals surface area contributed by atoms with Gasteiger partial charge in [0, 0.05) is 12.2 Å². The van der Waals surface area contributed by atoms with Crippen LogP contribution < -0.4 is 10.6 Å². The highest BCUT2D eigenvalue weighted by molar-refractivity contribution is 7.80. The maximum absolute atomic E-state index is 8.68. The highest BCUT2D eigenvalue weighted by Gasteiger charge is 2.10. The van der Waals surface area contributed by atoms with Gasteiger partial charge in [0.05, 0.1) is 11.6 Å². The molecule has 0 aromatic heterocycles. The van der Waals surface area contributed by atoms with Crippen molar-refractivity contribution in [1.29, 1.82) is 5.26 Å². The number of anilines is 1. The van der Waals surface area contributed by atoms with Crippen LogP contribution in [0.3, 0.4) is 0 Å². The lowest BCUT2D eigenvalue weighted by Crippen LogP contribution is -2.35. The number of rotatable bonds is 2. The summed E-state index contributed by atoms with van der Waals surface area (Å²) in [6.07, 6.45) is 0. The fraction of sp³-hybridized carbons (Fsp3) is 0.385. The third-order valence-electron chi connectivity index (χ3n) is 2.05. The molecule has 0 heterocycles. The van der Waals surface area contributed by atoms with Crippen LogP contribution in [0.25, 0.3) is 0 Å². The Morgan fingerprint density at radius 2 is 1.88 bits per heavy atom. The molecule has 0 aliphatic carbocycles. The number of benzene rings is 1. The Hall–Kier alpha value is -1.60. The quantitative estimate of drug-likeness (QED) is 0.789. The summed E-state index contributed by atoms with van der Waals surface area (Å²) in [6.45, 7) is 7.24. The van der Waals surface area contributed by atoms with Crippen molar-refractivity contribution in [2.45, 2.75) is 20.8 Å². The maximum Gasteiger partial charge on any atom is 0.170 e. The highest BCUT2D eigenvalue weighted by atomic mass is 32.1. The van der Waals surface area contributed by atoms with E-state index in [4.69, 9.17) is 17.5 Å². The van der Waals surface area contributed by atoms with E-state index in [9.17, 15) is 0 Å². The van der Waals surface area contributed by atoms with Crippen LogP contribution in [-0.2, 0) is 0 Å². The van der Waals surface area contributed by atoms with Crippen molar-refractivity contribution in [2.24, 2.45) is 5.41 Å². The second-order valence-corrected chi connectivity index (χ2v) is 5.47. The van der Waals surface area contributed by atoms with E-state index >= 15 is 0 Å². The Labute approximate surface area is 108 Å². The van der Waals surface area contributed by atoms with E-state index in [1.807, 2.05) is 12.1 Å². The zero-order valence-corrected chi connectivity index (χ0v) is 11.2. The van der Waals surface area contributed by atoms with Crippen molar-refractivity contribution in [3.8, 4) is 6.07 Å². The first-order chi connectivity index (χ1) is 7.90. The van der Waals surface area contributed by atoms with Gasteiger partial charge in [-0.3, -0.25) is 0 Å². The minimum Gasteiger partial charge on any atom is -0.362 e. The molecule has 0 saturated heterocycles. The van der Waals surface area contributed by atoms with Gasteiger partial charge in [0.1, 0.15) is 0 Å². The second kappa shape index (κ2) is 5.65. The van der Waals surface area contributed by atoms with Crippen molar-refractivity contribution >= 4 is 23.0 Å². The number of nitriles is 1. The molecule has 1 aromatic rings. The zero-order chi connectivity index (χ0) is 12.9. The first-order valence-electron chi connectivity index (χ1n) is 5.46. The second-order valence-electron chi connectivity index (χ2n) is 5.06. The lowest BCUT2D eigenvalue weighted by atomic mass is 9.97. The molecule has 0 amide bonds. The van der Waals surface area contributed by atoms with Gasteiger partial charge in [0.15, 0.2) is 5.11 Å². The Morgan fingerprint density at radius 1 is 1.29 bits per heavy atom. The molecule has 17 heavy (non-hydrogen) atoms. The van der Waals surface area contributed by atoms with Crippen LogP contribution in [0.4, 0.5) is 5.69 Å². The standard InChI is InChI=1S/C13H17N3S/c1-13(2,3)9-15-12(17)16-11-6-4-10(8-14)5-7-11/h4-7H,9H2,1-3H3,(H2,15,16,17). The number of nitrogens with zero attached hydrogens (tertiary/aromatic N) is 1. The molecule has 3 nitrogen and oxygen atoms in total. The van der Waals surface area contributed by atoms with Crippen LogP contribution >= 0.6 is 12.2 Å². The molecule has 0 fully saturated rings.